The number of Topliss-reactive ketones (excluding diaryl/α,β-unsaturated/α-hetero) is 2. The first-order valence-electron chi connectivity index (χ1n) is 12.8. The quantitative estimate of drug-likeness (QED) is 0.234. The molecule has 6 nitrogen and oxygen atoms in total. The molecule has 0 aromatic rings. The standard InChI is InChI=1S/C26H42O6/c1-5-13-19(3)21(27)25(15-9-7-10-16-25)23(29)31-32-24(30)26(17-11-8-12-18-26)22(28)20(4)14-6-2/h19-20H,5-18H2,1-4H3. The van der Waals surface area contributed by atoms with E-state index in [9.17, 15) is 19.2 Å². The molecule has 0 radical (unpaired) electrons. The van der Waals surface area contributed by atoms with Gasteiger partial charge >= 0.3 is 11.9 Å². The lowest BCUT2D eigenvalue weighted by atomic mass is 9.67. The van der Waals surface area contributed by atoms with Gasteiger partial charge in [-0.3, -0.25) is 9.59 Å². The van der Waals surface area contributed by atoms with E-state index in [0.29, 0.717) is 38.5 Å². The summed E-state index contributed by atoms with van der Waals surface area (Å²) in [4.78, 5) is 63.0. The Hall–Kier alpha value is -1.72. The summed E-state index contributed by atoms with van der Waals surface area (Å²) in [5, 5.41) is 0. The van der Waals surface area contributed by atoms with Crippen molar-refractivity contribution in [2.24, 2.45) is 22.7 Å². The lowest BCUT2D eigenvalue weighted by molar-refractivity contribution is -0.274. The van der Waals surface area contributed by atoms with Crippen LogP contribution in [-0.4, -0.2) is 23.5 Å². The highest BCUT2D eigenvalue weighted by molar-refractivity contribution is 6.06. The van der Waals surface area contributed by atoms with Crippen molar-refractivity contribution in [3.05, 3.63) is 0 Å². The average Bonchev–Trinajstić information content (AvgIpc) is 2.82. The van der Waals surface area contributed by atoms with Gasteiger partial charge in [-0.25, -0.2) is 19.4 Å². The summed E-state index contributed by atoms with van der Waals surface area (Å²) in [7, 11) is 0. The van der Waals surface area contributed by atoms with E-state index in [4.69, 9.17) is 9.78 Å². The highest BCUT2D eigenvalue weighted by Crippen LogP contribution is 2.43. The number of rotatable bonds is 10. The summed E-state index contributed by atoms with van der Waals surface area (Å²) in [5.41, 5.74) is -2.49. The van der Waals surface area contributed by atoms with Gasteiger partial charge in [-0.2, -0.15) is 0 Å². The zero-order chi connectivity index (χ0) is 23.8. The molecule has 2 aliphatic rings. The van der Waals surface area contributed by atoms with E-state index in [0.717, 1.165) is 51.4 Å². The van der Waals surface area contributed by atoms with E-state index in [1.165, 1.54) is 0 Å². The number of carbonyl (C=O) groups is 4. The summed E-state index contributed by atoms with van der Waals surface area (Å²) < 4.78 is 0. The van der Waals surface area contributed by atoms with Crippen molar-refractivity contribution < 1.29 is 29.0 Å². The van der Waals surface area contributed by atoms with E-state index < -0.39 is 22.8 Å². The van der Waals surface area contributed by atoms with Gasteiger partial charge < -0.3 is 0 Å². The van der Waals surface area contributed by atoms with Crippen LogP contribution in [0.3, 0.4) is 0 Å². The van der Waals surface area contributed by atoms with E-state index in [2.05, 4.69) is 0 Å². The Bertz CT molecular complexity index is 612. The summed E-state index contributed by atoms with van der Waals surface area (Å²) in [6, 6.07) is 0. The molecule has 2 atom stereocenters. The third-order valence-corrected chi connectivity index (χ3v) is 7.67. The van der Waals surface area contributed by atoms with Crippen LogP contribution in [0.2, 0.25) is 0 Å². The fourth-order valence-corrected chi connectivity index (χ4v) is 5.72. The molecule has 182 valence electrons. The second-order valence-electron chi connectivity index (χ2n) is 10.1. The third-order valence-electron chi connectivity index (χ3n) is 7.67. The molecular formula is C26H42O6. The molecule has 2 unspecified atom stereocenters. The molecule has 0 amide bonds. The van der Waals surface area contributed by atoms with Gasteiger partial charge in [0.15, 0.2) is 11.6 Å². The van der Waals surface area contributed by atoms with Crippen LogP contribution in [0, 0.1) is 22.7 Å². The Morgan fingerprint density at radius 3 is 1.22 bits per heavy atom. The van der Waals surface area contributed by atoms with Crippen LogP contribution in [-0.2, 0) is 29.0 Å². The minimum atomic E-state index is -1.24. The second-order valence-corrected chi connectivity index (χ2v) is 10.1. The molecule has 32 heavy (non-hydrogen) atoms. The molecule has 0 aromatic heterocycles. The maximum absolute atomic E-state index is 13.2. The molecular weight excluding hydrogens is 408 g/mol. The predicted octanol–water partition coefficient (Wildman–Crippen LogP) is 5.90. The molecule has 0 saturated heterocycles. The summed E-state index contributed by atoms with van der Waals surface area (Å²) in [5.74, 6) is -2.25. The van der Waals surface area contributed by atoms with E-state index in [1.54, 1.807) is 0 Å². The molecule has 6 heteroatoms. The van der Waals surface area contributed by atoms with Crippen LogP contribution in [0.25, 0.3) is 0 Å². The van der Waals surface area contributed by atoms with Crippen LogP contribution in [0.5, 0.6) is 0 Å². The maximum Gasteiger partial charge on any atom is 0.369 e. The summed E-state index contributed by atoms with van der Waals surface area (Å²) >= 11 is 0. The molecule has 2 aliphatic carbocycles. The molecule has 2 rings (SSSR count). The second kappa shape index (κ2) is 11.9. The van der Waals surface area contributed by atoms with Gasteiger partial charge in [0, 0.05) is 11.8 Å². The van der Waals surface area contributed by atoms with Gasteiger partial charge in [0.2, 0.25) is 0 Å². The molecule has 0 bridgehead atoms. The van der Waals surface area contributed by atoms with Crippen LogP contribution in [0.1, 0.15) is 118 Å². The van der Waals surface area contributed by atoms with Crippen molar-refractivity contribution in [2.75, 3.05) is 0 Å². The number of hydrogen-bond acceptors (Lipinski definition) is 6. The van der Waals surface area contributed by atoms with Gasteiger partial charge in [-0.15, -0.1) is 0 Å². The average molecular weight is 451 g/mol. The Balaban J connectivity index is 2.17. The van der Waals surface area contributed by atoms with Crippen LogP contribution >= 0.6 is 0 Å². The lowest BCUT2D eigenvalue weighted by Gasteiger charge is -2.36. The van der Waals surface area contributed by atoms with Crippen molar-refractivity contribution in [1.82, 2.24) is 0 Å². The Morgan fingerprint density at radius 1 is 0.625 bits per heavy atom. The fourth-order valence-electron chi connectivity index (χ4n) is 5.72. The van der Waals surface area contributed by atoms with Crippen LogP contribution in [0.15, 0.2) is 0 Å². The fraction of sp³-hybridized carbons (Fsp3) is 0.846. The van der Waals surface area contributed by atoms with Crippen LogP contribution < -0.4 is 0 Å². The normalized spacial score (nSPS) is 21.8. The first-order valence-corrected chi connectivity index (χ1v) is 12.8. The first kappa shape index (κ1) is 26.5. The largest absolute Gasteiger partial charge is 0.369 e. The predicted molar refractivity (Wildman–Crippen MR) is 121 cm³/mol. The van der Waals surface area contributed by atoms with Crippen molar-refractivity contribution >= 4 is 23.5 Å². The summed E-state index contributed by atoms with van der Waals surface area (Å²) in [6.45, 7) is 7.73. The van der Waals surface area contributed by atoms with Crippen molar-refractivity contribution in [1.29, 1.82) is 0 Å². The van der Waals surface area contributed by atoms with E-state index >= 15 is 0 Å². The van der Waals surface area contributed by atoms with E-state index in [1.807, 2.05) is 27.7 Å². The van der Waals surface area contributed by atoms with Gasteiger partial charge in [-0.1, -0.05) is 79.1 Å². The Kier molecular flexibility index (Phi) is 9.90. The van der Waals surface area contributed by atoms with Gasteiger partial charge in [0.05, 0.1) is 0 Å². The van der Waals surface area contributed by atoms with Crippen molar-refractivity contribution in [2.45, 2.75) is 118 Å². The molecule has 0 aromatic carbocycles. The molecule has 0 spiro atoms. The molecule has 0 heterocycles. The van der Waals surface area contributed by atoms with Gasteiger partial charge in [-0.05, 0) is 38.5 Å². The first-order chi connectivity index (χ1) is 15.2. The smallest absolute Gasteiger partial charge is 0.298 e. The summed E-state index contributed by atoms with van der Waals surface area (Å²) in [6.07, 6.45) is 9.84. The Labute approximate surface area is 193 Å². The van der Waals surface area contributed by atoms with Gasteiger partial charge in [0.25, 0.3) is 0 Å². The third kappa shape index (κ3) is 5.60. The highest BCUT2D eigenvalue weighted by Gasteiger charge is 2.53. The number of ketones is 2. The van der Waals surface area contributed by atoms with Crippen molar-refractivity contribution in [3.63, 3.8) is 0 Å². The number of carbonyl (C=O) groups excluding carboxylic acids is 4. The Morgan fingerprint density at radius 2 is 0.938 bits per heavy atom. The molecule has 0 aliphatic heterocycles. The zero-order valence-corrected chi connectivity index (χ0v) is 20.5. The van der Waals surface area contributed by atoms with Crippen molar-refractivity contribution in [3.8, 4) is 0 Å². The highest BCUT2D eigenvalue weighted by atomic mass is 17.2. The molecule has 2 fully saturated rings. The SMILES string of the molecule is CCCC(C)C(=O)C1(C(=O)OOC(=O)C2(C(=O)C(C)CCC)CCCCC2)CCCCC1. The van der Waals surface area contributed by atoms with Gasteiger partial charge in [0.1, 0.15) is 10.8 Å². The molecule has 2 saturated carbocycles. The van der Waals surface area contributed by atoms with Crippen LogP contribution in [0.4, 0.5) is 0 Å². The zero-order valence-electron chi connectivity index (χ0n) is 20.5. The minimum absolute atomic E-state index is 0.111. The topological polar surface area (TPSA) is 86.7 Å². The maximum atomic E-state index is 13.2. The number of hydrogen-bond donors (Lipinski definition) is 0. The van der Waals surface area contributed by atoms with E-state index in [-0.39, 0.29) is 23.4 Å². The molecule has 0 N–H and O–H groups in total. The minimum Gasteiger partial charge on any atom is -0.298 e. The lowest BCUT2D eigenvalue weighted by Crippen LogP contribution is -2.47. The monoisotopic (exact) mass is 450 g/mol.